The van der Waals surface area contributed by atoms with Gasteiger partial charge in [0, 0.05) is 56.4 Å². The molecule has 0 saturated carbocycles. The first-order chi connectivity index (χ1) is 22.7. The molecular weight excluding hydrogens is 558 g/mol. The normalized spacial score (nSPS) is 20.9. The van der Waals surface area contributed by atoms with Crippen LogP contribution in [0.15, 0.2) is 127 Å². The summed E-state index contributed by atoms with van der Waals surface area (Å²) in [5.74, 6) is 0.819. The van der Waals surface area contributed by atoms with Crippen LogP contribution in [0.1, 0.15) is 47.3 Å². The number of aromatic nitrogens is 2. The number of rotatable bonds is 3. The van der Waals surface area contributed by atoms with Crippen molar-refractivity contribution in [1.29, 1.82) is 0 Å². The molecule has 222 valence electrons. The van der Waals surface area contributed by atoms with Crippen molar-refractivity contribution in [1.82, 2.24) is 9.13 Å². The molecular formula is C43H35N3. The summed E-state index contributed by atoms with van der Waals surface area (Å²) in [7, 11) is 0. The van der Waals surface area contributed by atoms with Gasteiger partial charge in [-0.3, -0.25) is 0 Å². The molecule has 3 atom stereocenters. The zero-order valence-electron chi connectivity index (χ0n) is 26.0. The lowest BCUT2D eigenvalue weighted by molar-refractivity contribution is 0.689. The Morgan fingerprint density at radius 2 is 1.48 bits per heavy atom. The molecule has 46 heavy (non-hydrogen) atoms. The maximum absolute atomic E-state index is 2.58. The van der Waals surface area contributed by atoms with E-state index in [4.69, 9.17) is 0 Å². The molecule has 1 aliphatic heterocycles. The maximum Gasteiger partial charge on any atom is 0.0649 e. The standard InChI is InChI=1S/C43H35N3/c1-28-21-23-36-34-15-4-9-20-41(34)46(42(36)25-28)31-22-24-37-35-16-5-8-19-40(35)45(43(37)27-31)30-12-10-11-29(26-30)44-38-17-6-2-13-32(38)33-14-3-7-18-39(33)44/h2,4-13,15-24,26-28,37,43H,3,14,25H2,1H3. The monoisotopic (exact) mass is 593 g/mol. The highest BCUT2D eigenvalue weighted by molar-refractivity contribution is 5.96. The molecule has 0 amide bonds. The predicted octanol–water partition coefficient (Wildman–Crippen LogP) is 10.5. The fourth-order valence-corrected chi connectivity index (χ4v) is 8.66. The quantitative estimate of drug-likeness (QED) is 0.199. The molecule has 4 aromatic carbocycles. The van der Waals surface area contributed by atoms with Gasteiger partial charge in [-0.25, -0.2) is 0 Å². The van der Waals surface area contributed by atoms with Crippen LogP contribution in [0, 0.1) is 5.92 Å². The number of aryl methyl sites for hydroxylation is 1. The SMILES string of the molecule is CC1C=Cc2c(n(C3=CC4C(C=C3)c3ccccc3N4c3cccc(-n4c5c(c6ccccc64)CCC=C5)c3)c3ccccc23)C1. The number of benzene rings is 4. The van der Waals surface area contributed by atoms with Gasteiger partial charge in [-0.05, 0) is 90.9 Å². The lowest BCUT2D eigenvalue weighted by Crippen LogP contribution is -2.30. The minimum Gasteiger partial charge on any atom is -0.333 e. The third kappa shape index (κ3) is 3.66. The molecule has 3 heteroatoms. The number of para-hydroxylation sites is 3. The van der Waals surface area contributed by atoms with Gasteiger partial charge in [0.2, 0.25) is 0 Å². The second-order valence-electron chi connectivity index (χ2n) is 13.3. The van der Waals surface area contributed by atoms with E-state index in [0.717, 1.165) is 19.3 Å². The molecule has 0 bridgehead atoms. The van der Waals surface area contributed by atoms with Crippen LogP contribution in [0.5, 0.6) is 0 Å². The molecule has 0 saturated heterocycles. The van der Waals surface area contributed by atoms with Crippen LogP contribution in [0.4, 0.5) is 11.4 Å². The molecule has 3 nitrogen and oxygen atoms in total. The predicted molar refractivity (Wildman–Crippen MR) is 193 cm³/mol. The van der Waals surface area contributed by atoms with E-state index in [9.17, 15) is 0 Å². The molecule has 0 radical (unpaired) electrons. The minimum absolute atomic E-state index is 0.177. The Hall–Kier alpha value is -5.28. The maximum atomic E-state index is 2.58. The molecule has 0 N–H and O–H groups in total. The number of allylic oxidation sites excluding steroid dienone is 4. The second kappa shape index (κ2) is 9.86. The van der Waals surface area contributed by atoms with Gasteiger partial charge in [-0.15, -0.1) is 0 Å². The zero-order valence-corrected chi connectivity index (χ0v) is 26.0. The van der Waals surface area contributed by atoms with Crippen molar-refractivity contribution in [2.24, 2.45) is 5.92 Å². The van der Waals surface area contributed by atoms with Crippen LogP contribution >= 0.6 is 0 Å². The van der Waals surface area contributed by atoms with Crippen LogP contribution < -0.4 is 4.90 Å². The average molecular weight is 594 g/mol. The topological polar surface area (TPSA) is 13.1 Å². The van der Waals surface area contributed by atoms with E-state index in [-0.39, 0.29) is 6.04 Å². The van der Waals surface area contributed by atoms with Crippen molar-refractivity contribution in [2.45, 2.75) is 38.1 Å². The third-order valence-electron chi connectivity index (χ3n) is 10.6. The fourth-order valence-electron chi connectivity index (χ4n) is 8.66. The summed E-state index contributed by atoms with van der Waals surface area (Å²) in [4.78, 5) is 2.58. The first-order valence-corrected chi connectivity index (χ1v) is 16.7. The summed E-state index contributed by atoms with van der Waals surface area (Å²) in [6.45, 7) is 2.33. The summed E-state index contributed by atoms with van der Waals surface area (Å²) >= 11 is 0. The molecule has 3 aliphatic carbocycles. The molecule has 10 rings (SSSR count). The Morgan fingerprint density at radius 1 is 0.696 bits per heavy atom. The average Bonchev–Trinajstić information content (AvgIpc) is 3.73. The molecule has 3 unspecified atom stereocenters. The Balaban J connectivity index is 1.14. The van der Waals surface area contributed by atoms with E-state index in [1.165, 1.54) is 72.6 Å². The van der Waals surface area contributed by atoms with Gasteiger partial charge < -0.3 is 14.0 Å². The van der Waals surface area contributed by atoms with Gasteiger partial charge in [0.05, 0.1) is 17.1 Å². The Kier molecular flexibility index (Phi) is 5.57. The molecule has 6 aromatic rings. The lowest BCUT2D eigenvalue weighted by Gasteiger charge is -2.31. The van der Waals surface area contributed by atoms with E-state index in [0.29, 0.717) is 11.8 Å². The van der Waals surface area contributed by atoms with Crippen LogP contribution in [0.25, 0.3) is 45.3 Å². The highest BCUT2D eigenvalue weighted by atomic mass is 15.2. The van der Waals surface area contributed by atoms with Gasteiger partial charge in [0.25, 0.3) is 0 Å². The molecule has 3 heterocycles. The number of nitrogens with zero attached hydrogens (tertiary/aromatic N) is 3. The first-order valence-electron chi connectivity index (χ1n) is 16.7. The van der Waals surface area contributed by atoms with Crippen LogP contribution in [0.3, 0.4) is 0 Å². The first kappa shape index (κ1) is 26.0. The van der Waals surface area contributed by atoms with Crippen molar-refractivity contribution >= 4 is 51.0 Å². The van der Waals surface area contributed by atoms with Crippen LogP contribution in [0.2, 0.25) is 0 Å². The van der Waals surface area contributed by atoms with Gasteiger partial charge in [0.15, 0.2) is 0 Å². The lowest BCUT2D eigenvalue weighted by atomic mass is 9.90. The number of fused-ring (bicyclic) bond motifs is 9. The number of anilines is 2. The summed E-state index contributed by atoms with van der Waals surface area (Å²) in [6.07, 6.45) is 20.0. The summed E-state index contributed by atoms with van der Waals surface area (Å²) in [6, 6.07) is 36.2. The van der Waals surface area contributed by atoms with Crippen molar-refractivity contribution in [3.8, 4) is 5.69 Å². The molecule has 0 fully saturated rings. The Bertz CT molecular complexity index is 2340. The van der Waals surface area contributed by atoms with Crippen molar-refractivity contribution in [3.63, 3.8) is 0 Å². The fraction of sp³-hybridized carbons (Fsp3) is 0.163. The van der Waals surface area contributed by atoms with Crippen molar-refractivity contribution in [2.75, 3.05) is 4.90 Å². The van der Waals surface area contributed by atoms with E-state index in [1.807, 2.05) is 0 Å². The van der Waals surface area contributed by atoms with E-state index >= 15 is 0 Å². The second-order valence-corrected chi connectivity index (χ2v) is 13.3. The number of hydrogen-bond donors (Lipinski definition) is 0. The van der Waals surface area contributed by atoms with Gasteiger partial charge in [0.1, 0.15) is 0 Å². The highest BCUT2D eigenvalue weighted by Gasteiger charge is 2.39. The van der Waals surface area contributed by atoms with E-state index < -0.39 is 0 Å². The van der Waals surface area contributed by atoms with E-state index in [2.05, 4.69) is 161 Å². The molecule has 4 aliphatic rings. The van der Waals surface area contributed by atoms with Crippen LogP contribution in [-0.4, -0.2) is 15.2 Å². The molecule has 2 aromatic heterocycles. The molecule has 0 spiro atoms. The van der Waals surface area contributed by atoms with Gasteiger partial charge >= 0.3 is 0 Å². The number of hydrogen-bond acceptors (Lipinski definition) is 1. The zero-order chi connectivity index (χ0) is 30.4. The third-order valence-corrected chi connectivity index (χ3v) is 10.6. The van der Waals surface area contributed by atoms with Crippen molar-refractivity contribution < 1.29 is 0 Å². The van der Waals surface area contributed by atoms with Crippen LogP contribution in [-0.2, 0) is 12.8 Å². The minimum atomic E-state index is 0.177. The van der Waals surface area contributed by atoms with Crippen molar-refractivity contribution in [3.05, 3.63) is 156 Å². The summed E-state index contributed by atoms with van der Waals surface area (Å²) in [5, 5.41) is 2.71. The highest BCUT2D eigenvalue weighted by Crippen LogP contribution is 2.49. The van der Waals surface area contributed by atoms with Gasteiger partial charge in [-0.1, -0.05) is 91.9 Å². The largest absolute Gasteiger partial charge is 0.333 e. The summed E-state index contributed by atoms with van der Waals surface area (Å²) in [5.41, 5.74) is 14.6. The smallest absolute Gasteiger partial charge is 0.0649 e. The van der Waals surface area contributed by atoms with Gasteiger partial charge in [-0.2, -0.15) is 0 Å². The Labute approximate surface area is 269 Å². The van der Waals surface area contributed by atoms with E-state index in [1.54, 1.807) is 0 Å². The summed E-state index contributed by atoms with van der Waals surface area (Å²) < 4.78 is 5.01. The Morgan fingerprint density at radius 3 is 2.39 bits per heavy atom.